The minimum atomic E-state index is -3.95. The van der Waals surface area contributed by atoms with Crippen molar-refractivity contribution in [2.24, 2.45) is 0 Å². The molecule has 0 unspecified atom stereocenters. The molecular weight excluding hydrogens is 268 g/mol. The number of hydrogen-bond donors (Lipinski definition) is 1. The normalized spacial score (nSPS) is 11.6. The standard InChI is InChI=1S/C13H12O5S/c14-13(15)8-9-18-19(16,17)12-7-3-5-10-4-1-2-6-11(10)12/h1-7H,8-9H2,(H,14,15). The summed E-state index contributed by atoms with van der Waals surface area (Å²) < 4.78 is 28.8. The largest absolute Gasteiger partial charge is 0.481 e. The lowest BCUT2D eigenvalue weighted by Crippen LogP contribution is -2.10. The fourth-order valence-electron chi connectivity index (χ4n) is 1.72. The van der Waals surface area contributed by atoms with E-state index in [4.69, 9.17) is 9.29 Å². The number of rotatable bonds is 5. The Hall–Kier alpha value is -1.92. The summed E-state index contributed by atoms with van der Waals surface area (Å²) in [4.78, 5) is 10.4. The van der Waals surface area contributed by atoms with Gasteiger partial charge in [0.1, 0.15) is 4.90 Å². The Kier molecular flexibility index (Phi) is 3.82. The Labute approximate surface area is 110 Å². The third-order valence-electron chi connectivity index (χ3n) is 2.57. The molecule has 2 aromatic carbocycles. The molecule has 1 N–H and O–H groups in total. The van der Waals surface area contributed by atoms with E-state index in [1.54, 1.807) is 30.3 Å². The maximum absolute atomic E-state index is 12.0. The zero-order valence-electron chi connectivity index (χ0n) is 9.94. The molecule has 0 aliphatic rings. The number of carbonyl (C=O) groups is 1. The van der Waals surface area contributed by atoms with E-state index < -0.39 is 16.1 Å². The zero-order valence-corrected chi connectivity index (χ0v) is 10.8. The highest BCUT2D eigenvalue weighted by molar-refractivity contribution is 7.87. The van der Waals surface area contributed by atoms with Gasteiger partial charge >= 0.3 is 5.97 Å². The maximum Gasteiger partial charge on any atom is 0.305 e. The Morgan fingerprint density at radius 3 is 2.53 bits per heavy atom. The summed E-state index contributed by atoms with van der Waals surface area (Å²) in [6.45, 7) is -0.374. The number of hydrogen-bond acceptors (Lipinski definition) is 4. The molecule has 2 rings (SSSR count). The molecule has 0 radical (unpaired) electrons. The van der Waals surface area contributed by atoms with E-state index in [9.17, 15) is 13.2 Å². The number of carboxylic acids is 1. The van der Waals surface area contributed by atoms with Crippen LogP contribution < -0.4 is 0 Å². The van der Waals surface area contributed by atoms with Gasteiger partial charge < -0.3 is 5.11 Å². The minimum Gasteiger partial charge on any atom is -0.481 e. The number of fused-ring (bicyclic) bond motifs is 1. The molecule has 0 saturated heterocycles. The predicted molar refractivity (Wildman–Crippen MR) is 69.3 cm³/mol. The monoisotopic (exact) mass is 280 g/mol. The highest BCUT2D eigenvalue weighted by atomic mass is 32.2. The first-order valence-corrected chi connectivity index (χ1v) is 7.00. The molecule has 6 heteroatoms. The molecule has 0 bridgehead atoms. The van der Waals surface area contributed by atoms with Crippen LogP contribution in [-0.4, -0.2) is 26.1 Å². The lowest BCUT2D eigenvalue weighted by atomic mass is 10.1. The van der Waals surface area contributed by atoms with Crippen LogP contribution in [0, 0.1) is 0 Å². The third kappa shape index (κ3) is 3.10. The first kappa shape index (κ1) is 13.5. The third-order valence-corrected chi connectivity index (χ3v) is 3.95. The highest BCUT2D eigenvalue weighted by Gasteiger charge is 2.18. The van der Waals surface area contributed by atoms with Crippen LogP contribution in [0.2, 0.25) is 0 Å². The van der Waals surface area contributed by atoms with Gasteiger partial charge in [0.2, 0.25) is 0 Å². The summed E-state index contributed by atoms with van der Waals surface area (Å²) in [5, 5.41) is 9.82. The zero-order chi connectivity index (χ0) is 13.9. The van der Waals surface area contributed by atoms with E-state index in [0.29, 0.717) is 5.39 Å². The fourth-order valence-corrected chi connectivity index (χ4v) is 2.85. The summed E-state index contributed by atoms with van der Waals surface area (Å²) in [6, 6.07) is 11.9. The van der Waals surface area contributed by atoms with Crippen LogP contribution in [0.4, 0.5) is 0 Å². The second kappa shape index (κ2) is 5.38. The molecule has 0 aliphatic carbocycles. The number of benzene rings is 2. The van der Waals surface area contributed by atoms with Crippen molar-refractivity contribution >= 4 is 26.9 Å². The van der Waals surface area contributed by atoms with Crippen LogP contribution in [-0.2, 0) is 19.1 Å². The average Bonchev–Trinajstić information content (AvgIpc) is 2.37. The van der Waals surface area contributed by atoms with Gasteiger partial charge in [-0.15, -0.1) is 0 Å². The molecule has 0 heterocycles. The lowest BCUT2D eigenvalue weighted by Gasteiger charge is -2.07. The molecule has 0 aromatic heterocycles. The Bertz CT molecular complexity index is 701. The molecule has 0 amide bonds. The first-order chi connectivity index (χ1) is 9.00. The SMILES string of the molecule is O=C(O)CCOS(=O)(=O)c1cccc2ccccc12. The van der Waals surface area contributed by atoms with Crippen molar-refractivity contribution in [2.75, 3.05) is 6.61 Å². The molecule has 5 nitrogen and oxygen atoms in total. The van der Waals surface area contributed by atoms with Crippen LogP contribution in [0.3, 0.4) is 0 Å². The van der Waals surface area contributed by atoms with Crippen LogP contribution in [0.5, 0.6) is 0 Å². The molecule has 0 spiro atoms. The summed E-state index contributed by atoms with van der Waals surface area (Å²) in [5.41, 5.74) is 0. The molecular formula is C13H12O5S. The molecule has 19 heavy (non-hydrogen) atoms. The molecule has 2 aromatic rings. The van der Waals surface area contributed by atoms with Crippen molar-refractivity contribution in [2.45, 2.75) is 11.3 Å². The van der Waals surface area contributed by atoms with Crippen molar-refractivity contribution < 1.29 is 22.5 Å². The van der Waals surface area contributed by atoms with E-state index in [-0.39, 0.29) is 17.9 Å². The lowest BCUT2D eigenvalue weighted by molar-refractivity contribution is -0.137. The Morgan fingerprint density at radius 2 is 1.79 bits per heavy atom. The van der Waals surface area contributed by atoms with Gasteiger partial charge in [-0.05, 0) is 11.5 Å². The van der Waals surface area contributed by atoms with Crippen LogP contribution in [0.25, 0.3) is 10.8 Å². The van der Waals surface area contributed by atoms with Crippen molar-refractivity contribution in [3.8, 4) is 0 Å². The van der Waals surface area contributed by atoms with Gasteiger partial charge in [0.25, 0.3) is 10.1 Å². The van der Waals surface area contributed by atoms with Crippen molar-refractivity contribution in [3.05, 3.63) is 42.5 Å². The van der Waals surface area contributed by atoms with Gasteiger partial charge in [0, 0.05) is 5.39 Å². The summed E-state index contributed by atoms with van der Waals surface area (Å²) >= 11 is 0. The van der Waals surface area contributed by atoms with E-state index in [1.807, 2.05) is 6.07 Å². The minimum absolute atomic E-state index is 0.0518. The number of aliphatic carboxylic acids is 1. The maximum atomic E-state index is 12.0. The second-order valence-electron chi connectivity index (χ2n) is 3.90. The smallest absolute Gasteiger partial charge is 0.305 e. The van der Waals surface area contributed by atoms with Crippen LogP contribution in [0.1, 0.15) is 6.42 Å². The second-order valence-corrected chi connectivity index (χ2v) is 5.48. The first-order valence-electron chi connectivity index (χ1n) is 5.60. The fraction of sp³-hybridized carbons (Fsp3) is 0.154. The van der Waals surface area contributed by atoms with Crippen LogP contribution >= 0.6 is 0 Å². The topological polar surface area (TPSA) is 80.7 Å². The summed E-state index contributed by atoms with van der Waals surface area (Å²) in [6.07, 6.45) is -0.357. The van der Waals surface area contributed by atoms with Gasteiger partial charge in [-0.3, -0.25) is 8.98 Å². The van der Waals surface area contributed by atoms with E-state index in [2.05, 4.69) is 0 Å². The van der Waals surface area contributed by atoms with Gasteiger partial charge in [-0.1, -0.05) is 36.4 Å². The molecule has 0 fully saturated rings. The Balaban J connectivity index is 2.35. The predicted octanol–water partition coefficient (Wildman–Crippen LogP) is 2.02. The highest BCUT2D eigenvalue weighted by Crippen LogP contribution is 2.24. The van der Waals surface area contributed by atoms with Gasteiger partial charge in [0.05, 0.1) is 13.0 Å². The van der Waals surface area contributed by atoms with E-state index in [1.165, 1.54) is 6.07 Å². The van der Waals surface area contributed by atoms with Crippen molar-refractivity contribution in [1.29, 1.82) is 0 Å². The van der Waals surface area contributed by atoms with Gasteiger partial charge in [-0.25, -0.2) is 0 Å². The van der Waals surface area contributed by atoms with E-state index >= 15 is 0 Å². The van der Waals surface area contributed by atoms with Crippen molar-refractivity contribution in [1.82, 2.24) is 0 Å². The summed E-state index contributed by atoms with van der Waals surface area (Å²) in [5.74, 6) is -1.10. The Morgan fingerprint density at radius 1 is 1.11 bits per heavy atom. The molecule has 0 saturated carbocycles. The molecule has 0 atom stereocenters. The number of carboxylic acid groups (broad SMARTS) is 1. The summed E-state index contributed by atoms with van der Waals surface area (Å²) in [7, 11) is -3.95. The van der Waals surface area contributed by atoms with Crippen LogP contribution in [0.15, 0.2) is 47.4 Å². The quantitative estimate of drug-likeness (QED) is 0.847. The molecule has 0 aliphatic heterocycles. The van der Waals surface area contributed by atoms with Gasteiger partial charge in [-0.2, -0.15) is 8.42 Å². The average molecular weight is 280 g/mol. The molecule has 100 valence electrons. The van der Waals surface area contributed by atoms with Gasteiger partial charge in [0.15, 0.2) is 0 Å². The van der Waals surface area contributed by atoms with E-state index in [0.717, 1.165) is 5.39 Å². The van der Waals surface area contributed by atoms with Crippen molar-refractivity contribution in [3.63, 3.8) is 0 Å².